The maximum absolute atomic E-state index is 11.5. The highest BCUT2D eigenvalue weighted by Crippen LogP contribution is 2.14. The van der Waals surface area contributed by atoms with Crippen LogP contribution in [0, 0.1) is 0 Å². The van der Waals surface area contributed by atoms with Gasteiger partial charge >= 0.3 is 6.09 Å². The number of nitrogens with one attached hydrogen (secondary N) is 1. The third-order valence-corrected chi connectivity index (χ3v) is 3.70. The van der Waals surface area contributed by atoms with Gasteiger partial charge in [0.2, 0.25) is 0 Å². The molecule has 3 aliphatic rings. The molecular weight excluding hydrogens is 276 g/mol. The van der Waals surface area contributed by atoms with E-state index in [2.05, 4.69) is 29.6 Å². The lowest BCUT2D eigenvalue weighted by Gasteiger charge is -2.29. The fraction of sp³-hybridized carbons (Fsp3) is 0.611. The van der Waals surface area contributed by atoms with Crippen molar-refractivity contribution in [3.63, 3.8) is 0 Å². The van der Waals surface area contributed by atoms with Gasteiger partial charge in [-0.1, -0.05) is 12.1 Å². The number of anilines is 1. The molecule has 1 N–H and O–H groups in total. The van der Waals surface area contributed by atoms with Crippen LogP contribution in [0.5, 0.6) is 0 Å². The van der Waals surface area contributed by atoms with Gasteiger partial charge in [-0.25, -0.2) is 4.79 Å². The lowest BCUT2D eigenvalue weighted by molar-refractivity contribution is 0.0216. The summed E-state index contributed by atoms with van der Waals surface area (Å²) in [6, 6.07) is 8.61. The van der Waals surface area contributed by atoms with Gasteiger partial charge in [-0.05, 0) is 64.2 Å². The van der Waals surface area contributed by atoms with Gasteiger partial charge in [0.05, 0.1) is 0 Å². The predicted molar refractivity (Wildman–Crippen MR) is 90.3 cm³/mol. The third kappa shape index (κ3) is 5.58. The summed E-state index contributed by atoms with van der Waals surface area (Å²) in [5.74, 6) is 0. The van der Waals surface area contributed by atoms with Crippen molar-refractivity contribution in [2.24, 2.45) is 0 Å². The quantitative estimate of drug-likeness (QED) is 0.786. The summed E-state index contributed by atoms with van der Waals surface area (Å²) in [4.78, 5) is 13.3. The second kappa shape index (κ2) is 7.52. The summed E-state index contributed by atoms with van der Waals surface area (Å²) in [7, 11) is 0. The first-order chi connectivity index (χ1) is 10.4. The Kier molecular flexibility index (Phi) is 5.69. The van der Waals surface area contributed by atoms with Gasteiger partial charge in [0, 0.05) is 25.3 Å². The van der Waals surface area contributed by atoms with E-state index < -0.39 is 0 Å². The number of likely N-dealkylation sites (tertiary alicyclic amines) is 1. The lowest BCUT2D eigenvalue weighted by Crippen LogP contribution is -2.39. The van der Waals surface area contributed by atoms with Crippen LogP contribution < -0.4 is 5.32 Å². The van der Waals surface area contributed by atoms with E-state index in [9.17, 15) is 4.79 Å². The molecule has 1 amide bonds. The Hall–Kier alpha value is -1.71. The van der Waals surface area contributed by atoms with Crippen LogP contribution >= 0.6 is 0 Å². The molecule has 0 aromatic heterocycles. The number of piperidine rings is 1. The number of benzene rings is 1. The Balaban J connectivity index is 0.000000170. The lowest BCUT2D eigenvalue weighted by atomic mass is 10.1. The maximum atomic E-state index is 11.5. The highest BCUT2D eigenvalue weighted by atomic mass is 16.6. The van der Waals surface area contributed by atoms with E-state index in [1.807, 2.05) is 20.8 Å². The number of hydrogen-bond donors (Lipinski definition) is 1. The highest BCUT2D eigenvalue weighted by Gasteiger charge is 2.22. The van der Waals surface area contributed by atoms with Crippen LogP contribution in [0.25, 0.3) is 0 Å². The molecule has 1 saturated heterocycles. The van der Waals surface area contributed by atoms with Gasteiger partial charge in [0.25, 0.3) is 0 Å². The van der Waals surface area contributed by atoms with Gasteiger partial charge in [0.1, 0.15) is 5.60 Å². The Morgan fingerprint density at radius 3 is 2.32 bits per heavy atom. The summed E-state index contributed by atoms with van der Waals surface area (Å²) in [5, 5.41) is 3.30. The average molecular weight is 304 g/mol. The monoisotopic (exact) mass is 304 g/mol. The smallest absolute Gasteiger partial charge is 0.410 e. The summed E-state index contributed by atoms with van der Waals surface area (Å²) >= 11 is 0. The molecular formula is C18H28N2O2. The standard InChI is InChI=1S/C10H19NO2.C8H9N/c1-10(2,3)13-9(12)11-7-5-4-6-8-11;1-3-8-4-2-7(1)5-6-9-8/h4-8H2,1-3H3;1-4,9H,5-6H2. The first-order valence-corrected chi connectivity index (χ1v) is 8.25. The molecule has 0 spiro atoms. The van der Waals surface area contributed by atoms with Crippen molar-refractivity contribution in [2.75, 3.05) is 25.0 Å². The second-order valence-electron chi connectivity index (χ2n) is 6.90. The molecule has 4 heteroatoms. The third-order valence-electron chi connectivity index (χ3n) is 3.70. The van der Waals surface area contributed by atoms with Crippen molar-refractivity contribution in [2.45, 2.75) is 52.1 Å². The number of amides is 1. The fourth-order valence-electron chi connectivity index (χ4n) is 2.54. The van der Waals surface area contributed by atoms with Crippen LogP contribution in [-0.4, -0.2) is 36.2 Å². The first-order valence-electron chi connectivity index (χ1n) is 8.25. The predicted octanol–water partition coefficient (Wildman–Crippen LogP) is 4.06. The van der Waals surface area contributed by atoms with Crippen LogP contribution in [0.4, 0.5) is 10.5 Å². The molecule has 3 aliphatic heterocycles. The molecule has 122 valence electrons. The molecule has 0 radical (unpaired) electrons. The van der Waals surface area contributed by atoms with E-state index in [1.165, 1.54) is 17.7 Å². The SMILES string of the molecule is CC(C)(C)OC(=O)N1CCCCC1.c1cc2ccc1CCN2. The maximum Gasteiger partial charge on any atom is 0.410 e. The molecule has 1 aromatic rings. The van der Waals surface area contributed by atoms with Crippen molar-refractivity contribution in [1.29, 1.82) is 0 Å². The van der Waals surface area contributed by atoms with E-state index in [0.29, 0.717) is 0 Å². The molecule has 1 fully saturated rings. The largest absolute Gasteiger partial charge is 0.444 e. The Morgan fingerprint density at radius 2 is 1.73 bits per heavy atom. The number of fused-ring (bicyclic) bond motifs is 4. The Labute approximate surface area is 133 Å². The molecule has 0 atom stereocenters. The molecule has 0 aliphatic carbocycles. The summed E-state index contributed by atoms with van der Waals surface area (Å²) < 4.78 is 5.26. The molecule has 4 rings (SSSR count). The first kappa shape index (κ1) is 16.7. The molecule has 4 nitrogen and oxygen atoms in total. The van der Waals surface area contributed by atoms with Crippen molar-refractivity contribution in [3.8, 4) is 0 Å². The number of rotatable bonds is 0. The Morgan fingerprint density at radius 1 is 1.09 bits per heavy atom. The van der Waals surface area contributed by atoms with E-state index in [-0.39, 0.29) is 11.7 Å². The van der Waals surface area contributed by atoms with Gasteiger partial charge in [-0.15, -0.1) is 0 Å². The summed E-state index contributed by atoms with van der Waals surface area (Å²) in [6.45, 7) is 8.49. The van der Waals surface area contributed by atoms with Crippen molar-refractivity contribution >= 4 is 11.8 Å². The molecule has 0 unspecified atom stereocenters. The number of carbonyl (C=O) groups excluding carboxylic acids is 1. The minimum atomic E-state index is -0.367. The van der Waals surface area contributed by atoms with Crippen molar-refractivity contribution in [3.05, 3.63) is 29.8 Å². The van der Waals surface area contributed by atoms with Crippen molar-refractivity contribution in [1.82, 2.24) is 4.90 Å². The normalized spacial score (nSPS) is 17.0. The van der Waals surface area contributed by atoms with E-state index in [4.69, 9.17) is 4.74 Å². The van der Waals surface area contributed by atoms with E-state index in [1.54, 1.807) is 4.90 Å². The van der Waals surface area contributed by atoms with Gasteiger partial charge < -0.3 is 15.0 Å². The molecule has 1 aromatic carbocycles. The molecule has 3 heterocycles. The summed E-state index contributed by atoms with van der Waals surface area (Å²) in [5.41, 5.74) is 2.31. The second-order valence-corrected chi connectivity index (χ2v) is 6.90. The van der Waals surface area contributed by atoms with E-state index in [0.717, 1.165) is 38.9 Å². The topological polar surface area (TPSA) is 41.6 Å². The van der Waals surface area contributed by atoms with Gasteiger partial charge in [0.15, 0.2) is 0 Å². The van der Waals surface area contributed by atoms with Crippen LogP contribution in [0.15, 0.2) is 24.3 Å². The van der Waals surface area contributed by atoms with Gasteiger partial charge in [-0.2, -0.15) is 0 Å². The summed E-state index contributed by atoms with van der Waals surface area (Å²) in [6.07, 6.45) is 4.46. The zero-order valence-corrected chi connectivity index (χ0v) is 14.0. The molecule has 22 heavy (non-hydrogen) atoms. The minimum absolute atomic E-state index is 0.160. The Bertz CT molecular complexity index is 448. The zero-order chi connectivity index (χ0) is 16.0. The number of nitrogens with zero attached hydrogens (tertiary/aromatic N) is 1. The van der Waals surface area contributed by atoms with Crippen LogP contribution in [0.2, 0.25) is 0 Å². The highest BCUT2D eigenvalue weighted by molar-refractivity contribution is 5.68. The number of hydrogen-bond acceptors (Lipinski definition) is 3. The average Bonchev–Trinajstić information content (AvgIpc) is 2.84. The van der Waals surface area contributed by atoms with Crippen LogP contribution in [0.1, 0.15) is 45.6 Å². The van der Waals surface area contributed by atoms with Crippen LogP contribution in [-0.2, 0) is 11.2 Å². The fourth-order valence-corrected chi connectivity index (χ4v) is 2.54. The van der Waals surface area contributed by atoms with Crippen molar-refractivity contribution < 1.29 is 9.53 Å². The van der Waals surface area contributed by atoms with Crippen LogP contribution in [0.3, 0.4) is 0 Å². The molecule has 0 saturated carbocycles. The minimum Gasteiger partial charge on any atom is -0.444 e. The number of ether oxygens (including phenoxy) is 1. The van der Waals surface area contributed by atoms with E-state index >= 15 is 0 Å². The zero-order valence-electron chi connectivity index (χ0n) is 14.0. The number of carbonyl (C=O) groups is 1. The molecule has 2 bridgehead atoms. The van der Waals surface area contributed by atoms with Gasteiger partial charge in [-0.3, -0.25) is 0 Å².